The number of methoxy groups -OCH3 is 1. The van der Waals surface area contributed by atoms with Crippen LogP contribution in [0.25, 0.3) is 0 Å². The fraction of sp³-hybridized carbons (Fsp3) is 0.500. The van der Waals surface area contributed by atoms with Gasteiger partial charge in [-0.3, -0.25) is 0 Å². The molecule has 0 saturated heterocycles. The Balaban J connectivity index is 3.32. The number of hydrogen-bond acceptors (Lipinski definition) is 2. The summed E-state index contributed by atoms with van der Waals surface area (Å²) in [5.41, 5.74) is 7.70. The van der Waals surface area contributed by atoms with Crippen LogP contribution in [0.4, 0.5) is 0 Å². The van der Waals surface area contributed by atoms with E-state index in [-0.39, 0.29) is 5.41 Å². The number of hydrogen-bond donors (Lipinski definition) is 1. The molecule has 0 bridgehead atoms. The van der Waals surface area contributed by atoms with E-state index >= 15 is 0 Å². The molecule has 84 valence electrons. The van der Waals surface area contributed by atoms with Crippen molar-refractivity contribution >= 4 is 11.6 Å². The summed E-state index contributed by atoms with van der Waals surface area (Å²) in [5.74, 6) is 0.773. The molecule has 0 aliphatic rings. The first-order valence-corrected chi connectivity index (χ1v) is 5.35. The molecule has 0 heterocycles. The van der Waals surface area contributed by atoms with E-state index < -0.39 is 0 Å². The van der Waals surface area contributed by atoms with Crippen LogP contribution in [-0.2, 0) is 12.0 Å². The van der Waals surface area contributed by atoms with E-state index in [1.54, 1.807) is 7.11 Å². The molecule has 0 atom stereocenters. The third kappa shape index (κ3) is 2.64. The normalized spacial score (nSPS) is 11.6. The van der Waals surface area contributed by atoms with E-state index in [0.717, 1.165) is 16.9 Å². The summed E-state index contributed by atoms with van der Waals surface area (Å²) in [7, 11) is 1.64. The zero-order chi connectivity index (χ0) is 11.6. The van der Waals surface area contributed by atoms with E-state index in [1.807, 2.05) is 12.1 Å². The standard InChI is InChI=1S/C12H18ClNO/c1-12(2,3)8-5-10(13)9(7-14)11(6-8)15-4/h5-6H,7,14H2,1-4H3. The van der Waals surface area contributed by atoms with Crippen molar-refractivity contribution in [2.45, 2.75) is 32.7 Å². The van der Waals surface area contributed by atoms with Crippen molar-refractivity contribution in [1.82, 2.24) is 0 Å². The minimum atomic E-state index is 0.0596. The van der Waals surface area contributed by atoms with Crippen molar-refractivity contribution in [2.75, 3.05) is 7.11 Å². The van der Waals surface area contributed by atoms with Crippen molar-refractivity contribution in [1.29, 1.82) is 0 Å². The number of rotatable bonds is 2. The number of benzene rings is 1. The second-order valence-corrected chi connectivity index (χ2v) is 5.00. The molecule has 1 rings (SSSR count). The highest BCUT2D eigenvalue weighted by Gasteiger charge is 2.18. The fourth-order valence-corrected chi connectivity index (χ4v) is 1.71. The second-order valence-electron chi connectivity index (χ2n) is 4.59. The number of halogens is 1. The Morgan fingerprint density at radius 2 is 1.93 bits per heavy atom. The lowest BCUT2D eigenvalue weighted by molar-refractivity contribution is 0.407. The van der Waals surface area contributed by atoms with Gasteiger partial charge in [-0.25, -0.2) is 0 Å². The predicted octanol–water partition coefficient (Wildman–Crippen LogP) is 3.10. The van der Waals surface area contributed by atoms with Crippen LogP contribution in [-0.4, -0.2) is 7.11 Å². The van der Waals surface area contributed by atoms with Crippen LogP contribution in [0.15, 0.2) is 12.1 Å². The van der Waals surface area contributed by atoms with Crippen molar-refractivity contribution in [3.8, 4) is 5.75 Å². The van der Waals surface area contributed by atoms with Gasteiger partial charge < -0.3 is 10.5 Å². The van der Waals surface area contributed by atoms with Gasteiger partial charge in [-0.2, -0.15) is 0 Å². The molecule has 0 aromatic heterocycles. The smallest absolute Gasteiger partial charge is 0.125 e. The third-order valence-corrected chi connectivity index (χ3v) is 2.78. The van der Waals surface area contributed by atoms with Crippen LogP contribution < -0.4 is 10.5 Å². The summed E-state index contributed by atoms with van der Waals surface area (Å²) >= 11 is 6.16. The zero-order valence-corrected chi connectivity index (χ0v) is 10.5. The molecule has 15 heavy (non-hydrogen) atoms. The van der Waals surface area contributed by atoms with Crippen LogP contribution in [0.2, 0.25) is 5.02 Å². The van der Waals surface area contributed by atoms with Crippen LogP contribution in [0, 0.1) is 0 Å². The van der Waals surface area contributed by atoms with Crippen molar-refractivity contribution in [3.63, 3.8) is 0 Å². The van der Waals surface area contributed by atoms with Gasteiger partial charge in [-0.1, -0.05) is 32.4 Å². The van der Waals surface area contributed by atoms with Crippen molar-refractivity contribution in [2.24, 2.45) is 5.73 Å². The van der Waals surface area contributed by atoms with Crippen LogP contribution >= 0.6 is 11.6 Å². The molecular formula is C12H18ClNO. The van der Waals surface area contributed by atoms with E-state index in [2.05, 4.69) is 20.8 Å². The Bertz CT molecular complexity index is 355. The van der Waals surface area contributed by atoms with Crippen LogP contribution in [0.3, 0.4) is 0 Å². The maximum Gasteiger partial charge on any atom is 0.125 e. The minimum Gasteiger partial charge on any atom is -0.496 e. The minimum absolute atomic E-state index is 0.0596. The van der Waals surface area contributed by atoms with E-state index in [1.165, 1.54) is 0 Å². The van der Waals surface area contributed by atoms with Gasteiger partial charge in [0.15, 0.2) is 0 Å². The van der Waals surface area contributed by atoms with E-state index in [9.17, 15) is 0 Å². The number of ether oxygens (including phenoxy) is 1. The number of nitrogens with two attached hydrogens (primary N) is 1. The lowest BCUT2D eigenvalue weighted by Gasteiger charge is -2.21. The Hall–Kier alpha value is -0.730. The zero-order valence-electron chi connectivity index (χ0n) is 9.73. The summed E-state index contributed by atoms with van der Waals surface area (Å²) in [4.78, 5) is 0. The van der Waals surface area contributed by atoms with Gasteiger partial charge in [-0.05, 0) is 23.1 Å². The molecule has 0 aliphatic heterocycles. The van der Waals surface area contributed by atoms with Gasteiger partial charge >= 0.3 is 0 Å². The first-order chi connectivity index (χ1) is 6.90. The fourth-order valence-electron chi connectivity index (χ4n) is 1.42. The molecule has 0 aliphatic carbocycles. The molecule has 2 N–H and O–H groups in total. The maximum absolute atomic E-state index is 6.16. The topological polar surface area (TPSA) is 35.2 Å². The summed E-state index contributed by atoms with van der Waals surface area (Å²) in [5, 5.41) is 0.682. The molecule has 0 fully saturated rings. The molecule has 0 unspecified atom stereocenters. The highest BCUT2D eigenvalue weighted by atomic mass is 35.5. The SMILES string of the molecule is COc1cc(C(C)(C)C)cc(Cl)c1CN. The molecule has 1 aromatic carbocycles. The van der Waals surface area contributed by atoms with Gasteiger partial charge in [0.25, 0.3) is 0 Å². The molecule has 3 heteroatoms. The average molecular weight is 228 g/mol. The largest absolute Gasteiger partial charge is 0.496 e. The molecule has 0 spiro atoms. The molecule has 2 nitrogen and oxygen atoms in total. The molecule has 0 radical (unpaired) electrons. The molecular weight excluding hydrogens is 210 g/mol. The van der Waals surface area contributed by atoms with E-state index in [0.29, 0.717) is 11.6 Å². The Labute approximate surface area is 96.4 Å². The molecule has 0 saturated carbocycles. The van der Waals surface area contributed by atoms with Gasteiger partial charge in [0.05, 0.1) is 7.11 Å². The highest BCUT2D eigenvalue weighted by Crippen LogP contribution is 2.33. The molecule has 1 aromatic rings. The van der Waals surface area contributed by atoms with Gasteiger partial charge in [0.1, 0.15) is 5.75 Å². The average Bonchev–Trinajstić information content (AvgIpc) is 2.15. The monoisotopic (exact) mass is 227 g/mol. The quantitative estimate of drug-likeness (QED) is 0.843. The Morgan fingerprint density at radius 3 is 2.33 bits per heavy atom. The van der Waals surface area contributed by atoms with Gasteiger partial charge in [-0.15, -0.1) is 0 Å². The summed E-state index contributed by atoms with van der Waals surface area (Å²) in [6.07, 6.45) is 0. The third-order valence-electron chi connectivity index (χ3n) is 2.44. The van der Waals surface area contributed by atoms with Gasteiger partial charge in [0.2, 0.25) is 0 Å². The lowest BCUT2D eigenvalue weighted by Crippen LogP contribution is -2.12. The second kappa shape index (κ2) is 4.42. The van der Waals surface area contributed by atoms with Gasteiger partial charge in [0, 0.05) is 17.1 Å². The summed E-state index contributed by atoms with van der Waals surface area (Å²) < 4.78 is 5.29. The van der Waals surface area contributed by atoms with Crippen molar-refractivity contribution < 1.29 is 4.74 Å². The first-order valence-electron chi connectivity index (χ1n) is 4.97. The predicted molar refractivity (Wildman–Crippen MR) is 64.6 cm³/mol. The Kier molecular flexibility index (Phi) is 3.63. The summed E-state index contributed by atoms with van der Waals surface area (Å²) in [6, 6.07) is 3.97. The Morgan fingerprint density at radius 1 is 1.33 bits per heavy atom. The highest BCUT2D eigenvalue weighted by molar-refractivity contribution is 6.31. The maximum atomic E-state index is 6.16. The first kappa shape index (κ1) is 12.3. The lowest BCUT2D eigenvalue weighted by atomic mass is 9.86. The van der Waals surface area contributed by atoms with E-state index in [4.69, 9.17) is 22.1 Å². The summed E-state index contributed by atoms with van der Waals surface area (Å²) in [6.45, 7) is 6.81. The molecule has 0 amide bonds. The van der Waals surface area contributed by atoms with Crippen LogP contribution in [0.5, 0.6) is 5.75 Å². The van der Waals surface area contributed by atoms with Crippen molar-refractivity contribution in [3.05, 3.63) is 28.3 Å². The van der Waals surface area contributed by atoms with Crippen LogP contribution in [0.1, 0.15) is 31.9 Å².